The average molecular weight is 346 g/mol. The van der Waals surface area contributed by atoms with E-state index < -0.39 is 0 Å². The molecule has 5 heteroatoms. The Morgan fingerprint density at radius 1 is 1.28 bits per heavy atom. The number of halogens is 1. The number of hydrogen-bond donors (Lipinski definition) is 0. The van der Waals surface area contributed by atoms with E-state index in [9.17, 15) is 9.18 Å². The molecule has 136 valence electrons. The Labute approximate surface area is 148 Å². The highest BCUT2D eigenvalue weighted by Gasteiger charge is 2.41. The number of likely N-dealkylation sites (tertiary alicyclic amines) is 1. The van der Waals surface area contributed by atoms with E-state index in [1.807, 2.05) is 4.90 Å². The SMILES string of the molecule is O=C(c1cccc(F)c1)N1CCCC2(COCCN(CC3CC3)C2)C1. The van der Waals surface area contributed by atoms with Crippen LogP contribution >= 0.6 is 0 Å². The third-order valence-corrected chi connectivity index (χ3v) is 5.75. The van der Waals surface area contributed by atoms with Crippen molar-refractivity contribution in [3.05, 3.63) is 35.6 Å². The van der Waals surface area contributed by atoms with Gasteiger partial charge in [0.15, 0.2) is 0 Å². The normalized spacial score (nSPS) is 28.1. The summed E-state index contributed by atoms with van der Waals surface area (Å²) in [5, 5.41) is 0. The van der Waals surface area contributed by atoms with Gasteiger partial charge in [0.2, 0.25) is 0 Å². The molecule has 1 aromatic carbocycles. The Bertz CT molecular complexity index is 634. The Morgan fingerprint density at radius 2 is 2.16 bits per heavy atom. The molecule has 0 N–H and O–H groups in total. The van der Waals surface area contributed by atoms with Gasteiger partial charge >= 0.3 is 0 Å². The molecule has 2 aliphatic heterocycles. The smallest absolute Gasteiger partial charge is 0.253 e. The summed E-state index contributed by atoms with van der Waals surface area (Å²) >= 11 is 0. The van der Waals surface area contributed by atoms with E-state index in [0.29, 0.717) is 12.1 Å². The molecule has 1 amide bonds. The predicted molar refractivity (Wildman–Crippen MR) is 94.0 cm³/mol. The van der Waals surface area contributed by atoms with Crippen molar-refractivity contribution in [2.45, 2.75) is 25.7 Å². The van der Waals surface area contributed by atoms with E-state index in [-0.39, 0.29) is 17.1 Å². The molecule has 3 aliphatic rings. The van der Waals surface area contributed by atoms with Gasteiger partial charge < -0.3 is 14.5 Å². The summed E-state index contributed by atoms with van der Waals surface area (Å²) in [6, 6.07) is 6.03. The third kappa shape index (κ3) is 4.04. The molecule has 1 unspecified atom stereocenters. The highest BCUT2D eigenvalue weighted by Crippen LogP contribution is 2.36. The molecule has 1 saturated carbocycles. The number of carbonyl (C=O) groups is 1. The van der Waals surface area contributed by atoms with E-state index >= 15 is 0 Å². The van der Waals surface area contributed by atoms with Crippen molar-refractivity contribution in [2.24, 2.45) is 11.3 Å². The minimum Gasteiger partial charge on any atom is -0.379 e. The molecule has 4 rings (SSSR count). The van der Waals surface area contributed by atoms with Gasteiger partial charge in [-0.15, -0.1) is 0 Å². The summed E-state index contributed by atoms with van der Waals surface area (Å²) in [5.74, 6) is 0.450. The Morgan fingerprint density at radius 3 is 2.96 bits per heavy atom. The van der Waals surface area contributed by atoms with Gasteiger partial charge in [-0.05, 0) is 49.8 Å². The first-order valence-electron chi connectivity index (χ1n) is 9.49. The first-order chi connectivity index (χ1) is 12.1. The van der Waals surface area contributed by atoms with Crippen LogP contribution in [0.3, 0.4) is 0 Å². The van der Waals surface area contributed by atoms with Crippen molar-refractivity contribution < 1.29 is 13.9 Å². The zero-order valence-corrected chi connectivity index (χ0v) is 14.8. The van der Waals surface area contributed by atoms with Crippen molar-refractivity contribution in [3.63, 3.8) is 0 Å². The molecule has 2 heterocycles. The standard InChI is InChI=1S/C20H27FN2O2/c21-18-4-1-3-17(11-18)19(24)23-8-2-7-20(14-23)13-22(9-10-25-15-20)12-16-5-6-16/h1,3-4,11,16H,2,5-10,12-15H2. The molecule has 0 radical (unpaired) electrons. The van der Waals surface area contributed by atoms with Crippen LogP contribution in [0.5, 0.6) is 0 Å². The van der Waals surface area contributed by atoms with E-state index in [4.69, 9.17) is 4.74 Å². The van der Waals surface area contributed by atoms with Crippen LogP contribution in [0.15, 0.2) is 24.3 Å². The topological polar surface area (TPSA) is 32.8 Å². The summed E-state index contributed by atoms with van der Waals surface area (Å²) in [4.78, 5) is 17.3. The summed E-state index contributed by atoms with van der Waals surface area (Å²) in [7, 11) is 0. The summed E-state index contributed by atoms with van der Waals surface area (Å²) in [6.07, 6.45) is 4.80. The van der Waals surface area contributed by atoms with Crippen molar-refractivity contribution in [3.8, 4) is 0 Å². The van der Waals surface area contributed by atoms with Gasteiger partial charge in [-0.2, -0.15) is 0 Å². The number of hydrogen-bond acceptors (Lipinski definition) is 3. The number of carbonyl (C=O) groups excluding carboxylic acids is 1. The maximum absolute atomic E-state index is 13.5. The van der Waals surface area contributed by atoms with Crippen molar-refractivity contribution in [1.82, 2.24) is 9.80 Å². The fraction of sp³-hybridized carbons (Fsp3) is 0.650. The van der Waals surface area contributed by atoms with Crippen LogP contribution in [0.25, 0.3) is 0 Å². The molecular formula is C20H27FN2O2. The van der Waals surface area contributed by atoms with Crippen molar-refractivity contribution in [2.75, 3.05) is 45.9 Å². The van der Waals surface area contributed by atoms with Crippen LogP contribution in [0.2, 0.25) is 0 Å². The molecule has 2 saturated heterocycles. The van der Waals surface area contributed by atoms with E-state index in [0.717, 1.165) is 51.6 Å². The second-order valence-corrected chi connectivity index (χ2v) is 8.07. The van der Waals surface area contributed by atoms with Crippen molar-refractivity contribution >= 4 is 5.91 Å². The molecule has 0 bridgehead atoms. The van der Waals surface area contributed by atoms with E-state index in [2.05, 4.69) is 4.90 Å². The highest BCUT2D eigenvalue weighted by atomic mass is 19.1. The van der Waals surface area contributed by atoms with Gasteiger partial charge in [-0.25, -0.2) is 4.39 Å². The van der Waals surface area contributed by atoms with Gasteiger partial charge in [0, 0.05) is 43.7 Å². The zero-order valence-electron chi connectivity index (χ0n) is 14.8. The maximum atomic E-state index is 13.5. The minimum absolute atomic E-state index is 0.0205. The van der Waals surface area contributed by atoms with Crippen LogP contribution in [0, 0.1) is 17.2 Å². The van der Waals surface area contributed by atoms with Gasteiger partial charge in [-0.1, -0.05) is 6.07 Å². The molecular weight excluding hydrogens is 319 g/mol. The molecule has 3 fully saturated rings. The van der Waals surface area contributed by atoms with Gasteiger partial charge in [0.25, 0.3) is 5.91 Å². The van der Waals surface area contributed by atoms with Gasteiger partial charge in [0.05, 0.1) is 13.2 Å². The molecule has 4 nitrogen and oxygen atoms in total. The van der Waals surface area contributed by atoms with Gasteiger partial charge in [0.1, 0.15) is 5.82 Å². The monoisotopic (exact) mass is 346 g/mol. The first-order valence-corrected chi connectivity index (χ1v) is 9.49. The second-order valence-electron chi connectivity index (χ2n) is 8.07. The number of nitrogens with zero attached hydrogens (tertiary/aromatic N) is 2. The van der Waals surface area contributed by atoms with E-state index in [1.165, 1.54) is 31.5 Å². The van der Waals surface area contributed by atoms with Crippen molar-refractivity contribution in [1.29, 1.82) is 0 Å². The first kappa shape index (κ1) is 17.0. The van der Waals surface area contributed by atoms with Crippen LogP contribution < -0.4 is 0 Å². The fourth-order valence-electron chi connectivity index (χ4n) is 4.33. The Balaban J connectivity index is 1.47. The van der Waals surface area contributed by atoms with Gasteiger partial charge in [-0.3, -0.25) is 4.79 Å². The van der Waals surface area contributed by atoms with Crippen LogP contribution in [0.1, 0.15) is 36.0 Å². The molecule has 25 heavy (non-hydrogen) atoms. The highest BCUT2D eigenvalue weighted by molar-refractivity contribution is 5.94. The van der Waals surface area contributed by atoms with Crippen LogP contribution in [0.4, 0.5) is 4.39 Å². The average Bonchev–Trinajstić information content (AvgIpc) is 3.43. The summed E-state index contributed by atoms with van der Waals surface area (Å²) < 4.78 is 19.4. The van der Waals surface area contributed by atoms with Crippen LogP contribution in [-0.4, -0.2) is 61.6 Å². The maximum Gasteiger partial charge on any atom is 0.253 e. The minimum atomic E-state index is -0.356. The lowest BCUT2D eigenvalue weighted by molar-refractivity contribution is 0.00716. The lowest BCUT2D eigenvalue weighted by atomic mass is 9.79. The number of piperidine rings is 1. The fourth-order valence-corrected chi connectivity index (χ4v) is 4.33. The third-order valence-electron chi connectivity index (χ3n) is 5.75. The number of rotatable bonds is 3. The lowest BCUT2D eigenvalue weighted by Crippen LogP contribution is -2.52. The number of amides is 1. The molecule has 1 atom stereocenters. The largest absolute Gasteiger partial charge is 0.379 e. The quantitative estimate of drug-likeness (QED) is 0.844. The molecule has 1 aliphatic carbocycles. The Kier molecular flexibility index (Phi) is 4.78. The Hall–Kier alpha value is -1.46. The lowest BCUT2D eigenvalue weighted by Gasteiger charge is -2.43. The number of benzene rings is 1. The molecule has 0 aromatic heterocycles. The summed E-state index contributed by atoms with van der Waals surface area (Å²) in [6.45, 7) is 6.14. The number of ether oxygens (including phenoxy) is 1. The van der Waals surface area contributed by atoms with E-state index in [1.54, 1.807) is 12.1 Å². The predicted octanol–water partition coefficient (Wildman–Crippen LogP) is 2.79. The summed E-state index contributed by atoms with van der Waals surface area (Å²) in [5.41, 5.74) is 0.466. The molecule has 1 aromatic rings. The second kappa shape index (κ2) is 7.04. The zero-order chi connectivity index (χ0) is 17.3. The van der Waals surface area contributed by atoms with Crippen LogP contribution in [-0.2, 0) is 4.74 Å². The molecule has 1 spiro atoms.